The van der Waals surface area contributed by atoms with Crippen LogP contribution < -0.4 is 5.32 Å². The van der Waals surface area contributed by atoms with Crippen LogP contribution >= 0.6 is 15.9 Å². The summed E-state index contributed by atoms with van der Waals surface area (Å²) in [5, 5.41) is 3.50. The van der Waals surface area contributed by atoms with E-state index in [1.54, 1.807) is 6.07 Å². The van der Waals surface area contributed by atoms with E-state index in [1.807, 2.05) is 6.07 Å². The Morgan fingerprint density at radius 1 is 1.16 bits per heavy atom. The highest BCUT2D eigenvalue weighted by Crippen LogP contribution is 2.30. The molecule has 0 bridgehead atoms. The quantitative estimate of drug-likeness (QED) is 0.807. The first-order chi connectivity index (χ1) is 8.61. The third-order valence-electron chi connectivity index (χ3n) is 3.16. The van der Waals surface area contributed by atoms with Gasteiger partial charge in [0.1, 0.15) is 5.82 Å². The van der Waals surface area contributed by atoms with Crippen molar-refractivity contribution in [3.63, 3.8) is 0 Å². The minimum absolute atomic E-state index is 0.147. The normalized spacial score (nSPS) is 12.8. The van der Waals surface area contributed by atoms with Crippen molar-refractivity contribution in [2.45, 2.75) is 53.0 Å². The van der Waals surface area contributed by atoms with Crippen molar-refractivity contribution in [2.75, 3.05) is 6.54 Å². The van der Waals surface area contributed by atoms with E-state index in [0.717, 1.165) is 24.9 Å². The van der Waals surface area contributed by atoms with Crippen LogP contribution in [0, 0.1) is 11.2 Å². The molecule has 3 heteroatoms. The fourth-order valence-electron chi connectivity index (χ4n) is 2.06. The summed E-state index contributed by atoms with van der Waals surface area (Å²) in [5.74, 6) is -0.180. The van der Waals surface area contributed by atoms with Crippen LogP contribution in [0.2, 0.25) is 0 Å². The first-order valence-electron chi connectivity index (χ1n) is 6.79. The molecule has 19 heavy (non-hydrogen) atoms. The molecule has 0 fully saturated rings. The summed E-state index contributed by atoms with van der Waals surface area (Å²) in [6.07, 6.45) is 1.93. The molecule has 1 nitrogen and oxygen atoms in total. The van der Waals surface area contributed by atoms with Crippen molar-refractivity contribution in [1.82, 2.24) is 5.32 Å². The first-order valence-corrected chi connectivity index (χ1v) is 7.58. The average molecular weight is 330 g/mol. The van der Waals surface area contributed by atoms with Gasteiger partial charge in [-0.3, -0.25) is 0 Å². The highest BCUT2D eigenvalue weighted by atomic mass is 79.9. The summed E-state index contributed by atoms with van der Waals surface area (Å²) in [6, 6.07) is 5.26. The average Bonchev–Trinajstić information content (AvgIpc) is 2.22. The van der Waals surface area contributed by atoms with Crippen LogP contribution in [0.1, 0.15) is 46.6 Å². The van der Waals surface area contributed by atoms with E-state index in [9.17, 15) is 4.39 Å². The number of halogens is 2. The van der Waals surface area contributed by atoms with Gasteiger partial charge in [0.2, 0.25) is 0 Å². The number of hydrogen-bond donors (Lipinski definition) is 1. The zero-order chi connectivity index (χ0) is 14.7. The lowest BCUT2D eigenvalue weighted by Crippen LogP contribution is -2.38. The Labute approximate surface area is 125 Å². The van der Waals surface area contributed by atoms with Crippen molar-refractivity contribution < 1.29 is 4.39 Å². The number of benzene rings is 1. The summed E-state index contributed by atoms with van der Waals surface area (Å²) in [4.78, 5) is 0. The molecule has 0 unspecified atom stereocenters. The molecule has 1 rings (SSSR count). The van der Waals surface area contributed by atoms with Gasteiger partial charge in [-0.25, -0.2) is 4.39 Å². The molecular weight excluding hydrogens is 305 g/mol. The molecule has 0 atom stereocenters. The van der Waals surface area contributed by atoms with Crippen LogP contribution in [-0.4, -0.2) is 12.1 Å². The maximum atomic E-state index is 13.5. The molecule has 0 aliphatic rings. The van der Waals surface area contributed by atoms with Crippen molar-refractivity contribution in [3.05, 3.63) is 34.1 Å². The zero-order valence-corrected chi connectivity index (χ0v) is 14.2. The maximum absolute atomic E-state index is 13.5. The predicted molar refractivity (Wildman–Crippen MR) is 84.0 cm³/mol. The Morgan fingerprint density at radius 3 is 2.37 bits per heavy atom. The van der Waals surface area contributed by atoms with E-state index in [-0.39, 0.29) is 16.8 Å². The largest absolute Gasteiger partial charge is 0.312 e. The fraction of sp³-hybridized carbons (Fsp3) is 0.625. The minimum Gasteiger partial charge on any atom is -0.312 e. The molecule has 0 aliphatic heterocycles. The monoisotopic (exact) mass is 329 g/mol. The lowest BCUT2D eigenvalue weighted by molar-refractivity contribution is 0.301. The van der Waals surface area contributed by atoms with Crippen LogP contribution in [-0.2, 0) is 6.42 Å². The predicted octanol–water partition coefficient (Wildman–Crippen LogP) is 4.94. The number of nitrogens with one attached hydrogen (secondary N) is 1. The standard InChI is InChI=1S/C16H25BrFN/c1-15(2,3)19-10-9-16(4,5)11-12-7-6-8-13(18)14(12)17/h6-8,19H,9-11H2,1-5H3. The highest BCUT2D eigenvalue weighted by Gasteiger charge is 2.21. The third kappa shape index (κ3) is 6.05. The molecular formula is C16H25BrFN. The van der Waals surface area contributed by atoms with Crippen molar-refractivity contribution in [1.29, 1.82) is 0 Å². The topological polar surface area (TPSA) is 12.0 Å². The molecule has 0 saturated heterocycles. The van der Waals surface area contributed by atoms with Crippen LogP contribution in [0.25, 0.3) is 0 Å². The molecule has 0 amide bonds. The Hall–Kier alpha value is -0.410. The first kappa shape index (κ1) is 16.6. The second-order valence-electron chi connectivity index (χ2n) is 6.98. The number of rotatable bonds is 5. The van der Waals surface area contributed by atoms with E-state index in [2.05, 4.69) is 55.9 Å². The van der Waals surface area contributed by atoms with E-state index in [0.29, 0.717) is 4.47 Å². The molecule has 0 heterocycles. The molecule has 0 spiro atoms. The Kier molecular flexibility index (Phi) is 5.57. The molecule has 108 valence electrons. The second-order valence-corrected chi connectivity index (χ2v) is 7.77. The van der Waals surface area contributed by atoms with Gasteiger partial charge in [-0.15, -0.1) is 0 Å². The van der Waals surface area contributed by atoms with Gasteiger partial charge in [0.05, 0.1) is 4.47 Å². The Bertz CT molecular complexity index is 421. The van der Waals surface area contributed by atoms with Gasteiger partial charge in [0.15, 0.2) is 0 Å². The smallest absolute Gasteiger partial charge is 0.137 e. The van der Waals surface area contributed by atoms with Crippen LogP contribution in [0.3, 0.4) is 0 Å². The van der Waals surface area contributed by atoms with Gasteiger partial charge < -0.3 is 5.32 Å². The van der Waals surface area contributed by atoms with Crippen molar-refractivity contribution in [2.24, 2.45) is 5.41 Å². The van der Waals surface area contributed by atoms with Crippen molar-refractivity contribution >= 4 is 15.9 Å². The third-order valence-corrected chi connectivity index (χ3v) is 4.05. The Morgan fingerprint density at radius 2 is 1.79 bits per heavy atom. The molecule has 0 saturated carbocycles. The SMILES string of the molecule is CC(C)(CCNC(C)(C)C)Cc1cccc(F)c1Br. The van der Waals surface area contributed by atoms with E-state index < -0.39 is 0 Å². The maximum Gasteiger partial charge on any atom is 0.137 e. The van der Waals surface area contributed by atoms with Gasteiger partial charge in [-0.1, -0.05) is 26.0 Å². The molecule has 1 aromatic rings. The lowest BCUT2D eigenvalue weighted by Gasteiger charge is -2.28. The molecule has 0 aliphatic carbocycles. The minimum atomic E-state index is -0.180. The summed E-state index contributed by atoms with van der Waals surface area (Å²) in [7, 11) is 0. The molecule has 0 aromatic heterocycles. The van der Waals surface area contributed by atoms with Crippen molar-refractivity contribution in [3.8, 4) is 0 Å². The molecule has 1 aromatic carbocycles. The van der Waals surface area contributed by atoms with Gasteiger partial charge in [0, 0.05) is 5.54 Å². The fourth-order valence-corrected chi connectivity index (χ4v) is 2.47. The zero-order valence-electron chi connectivity index (χ0n) is 12.6. The van der Waals surface area contributed by atoms with E-state index in [1.165, 1.54) is 6.07 Å². The van der Waals surface area contributed by atoms with E-state index in [4.69, 9.17) is 0 Å². The summed E-state index contributed by atoms with van der Waals surface area (Å²) in [6.45, 7) is 11.9. The van der Waals surface area contributed by atoms with Gasteiger partial charge >= 0.3 is 0 Å². The van der Waals surface area contributed by atoms with Gasteiger partial charge in [-0.2, -0.15) is 0 Å². The van der Waals surface area contributed by atoms with E-state index >= 15 is 0 Å². The van der Waals surface area contributed by atoms with Gasteiger partial charge in [0.25, 0.3) is 0 Å². The molecule has 1 N–H and O–H groups in total. The van der Waals surface area contributed by atoms with Crippen LogP contribution in [0.5, 0.6) is 0 Å². The second kappa shape index (κ2) is 6.36. The van der Waals surface area contributed by atoms with Gasteiger partial charge in [-0.05, 0) is 73.1 Å². The summed E-state index contributed by atoms with van der Waals surface area (Å²) >= 11 is 3.34. The number of hydrogen-bond acceptors (Lipinski definition) is 1. The van der Waals surface area contributed by atoms with Crippen LogP contribution in [0.15, 0.2) is 22.7 Å². The summed E-state index contributed by atoms with van der Waals surface area (Å²) in [5.41, 5.74) is 1.34. The highest BCUT2D eigenvalue weighted by molar-refractivity contribution is 9.10. The Balaban J connectivity index is 2.61. The molecule has 0 radical (unpaired) electrons. The summed E-state index contributed by atoms with van der Waals surface area (Å²) < 4.78 is 14.1. The lowest BCUT2D eigenvalue weighted by atomic mass is 9.82. The van der Waals surface area contributed by atoms with Crippen LogP contribution in [0.4, 0.5) is 4.39 Å².